The van der Waals surface area contributed by atoms with E-state index in [0.717, 1.165) is 37.6 Å². The van der Waals surface area contributed by atoms with Crippen LogP contribution in [0.3, 0.4) is 0 Å². The Morgan fingerprint density at radius 1 is 1.04 bits per heavy atom. The molecule has 4 heterocycles. The van der Waals surface area contributed by atoms with Crippen molar-refractivity contribution in [2.45, 2.75) is 32.5 Å². The predicted molar refractivity (Wildman–Crippen MR) is 98.7 cm³/mol. The fraction of sp³-hybridized carbons (Fsp3) is 0.350. The molecule has 26 heavy (non-hydrogen) atoms. The highest BCUT2D eigenvalue weighted by Gasteiger charge is 2.26. The molecule has 1 aliphatic rings. The summed E-state index contributed by atoms with van der Waals surface area (Å²) in [5.41, 5.74) is 2.53. The molecule has 0 aromatic carbocycles. The molecule has 4 rings (SSSR count). The Balaban J connectivity index is 1.39. The van der Waals surface area contributed by atoms with E-state index in [1.54, 1.807) is 12.4 Å². The van der Waals surface area contributed by atoms with Gasteiger partial charge in [0.05, 0.1) is 12.6 Å². The number of imidazole rings is 1. The van der Waals surface area contributed by atoms with Crippen LogP contribution in [0.2, 0.25) is 0 Å². The van der Waals surface area contributed by atoms with Gasteiger partial charge in [0.1, 0.15) is 11.6 Å². The van der Waals surface area contributed by atoms with Gasteiger partial charge in [-0.05, 0) is 36.8 Å². The van der Waals surface area contributed by atoms with Crippen LogP contribution in [0.5, 0.6) is 5.75 Å². The van der Waals surface area contributed by atoms with E-state index >= 15 is 0 Å². The van der Waals surface area contributed by atoms with Gasteiger partial charge in [-0.25, -0.2) is 4.98 Å². The number of nitrogens with zero attached hydrogens (tertiary/aromatic N) is 5. The first-order valence-corrected chi connectivity index (χ1v) is 9.01. The molecule has 134 valence electrons. The Morgan fingerprint density at radius 2 is 1.77 bits per heavy atom. The standard InChI is InChI=1S/C20H23N5O/c1-16-20-23-14-18(6-13-26-19-4-9-22-10-5-19)25(20)12-11-24(16)15-17-2-7-21-8-3-17/h2-5,7-10,14,16H,6,11-13,15H2,1H3/t16-/m1/s1. The van der Waals surface area contributed by atoms with Gasteiger partial charge < -0.3 is 9.30 Å². The van der Waals surface area contributed by atoms with Crippen LogP contribution in [0.1, 0.15) is 30.0 Å². The molecule has 6 nitrogen and oxygen atoms in total. The zero-order valence-electron chi connectivity index (χ0n) is 15.0. The quantitative estimate of drug-likeness (QED) is 0.685. The number of rotatable bonds is 6. The summed E-state index contributed by atoms with van der Waals surface area (Å²) in [5, 5.41) is 0. The third-order valence-electron chi connectivity index (χ3n) is 4.91. The monoisotopic (exact) mass is 349 g/mol. The maximum Gasteiger partial charge on any atom is 0.126 e. The minimum Gasteiger partial charge on any atom is -0.493 e. The van der Waals surface area contributed by atoms with Crippen molar-refractivity contribution in [1.29, 1.82) is 0 Å². The summed E-state index contributed by atoms with van der Waals surface area (Å²) in [6.45, 7) is 5.79. The Bertz CT molecular complexity index is 834. The van der Waals surface area contributed by atoms with Crippen molar-refractivity contribution in [1.82, 2.24) is 24.4 Å². The molecule has 0 N–H and O–H groups in total. The number of pyridine rings is 2. The highest BCUT2D eigenvalue weighted by molar-refractivity contribution is 5.17. The van der Waals surface area contributed by atoms with Crippen LogP contribution < -0.4 is 4.74 Å². The lowest BCUT2D eigenvalue weighted by molar-refractivity contribution is 0.154. The van der Waals surface area contributed by atoms with E-state index in [-0.39, 0.29) is 0 Å². The minimum absolute atomic E-state index is 0.298. The van der Waals surface area contributed by atoms with Gasteiger partial charge in [0.2, 0.25) is 0 Å². The number of hydrogen-bond acceptors (Lipinski definition) is 5. The van der Waals surface area contributed by atoms with E-state index in [0.29, 0.717) is 12.6 Å². The third-order valence-corrected chi connectivity index (χ3v) is 4.91. The lowest BCUT2D eigenvalue weighted by atomic mass is 10.1. The molecule has 0 amide bonds. The van der Waals surface area contributed by atoms with Crippen LogP contribution in [-0.2, 0) is 19.5 Å². The lowest BCUT2D eigenvalue weighted by Crippen LogP contribution is -2.37. The van der Waals surface area contributed by atoms with Crippen molar-refractivity contribution in [3.63, 3.8) is 0 Å². The second-order valence-electron chi connectivity index (χ2n) is 6.54. The van der Waals surface area contributed by atoms with E-state index in [1.165, 1.54) is 11.3 Å². The zero-order valence-corrected chi connectivity index (χ0v) is 15.0. The highest BCUT2D eigenvalue weighted by Crippen LogP contribution is 2.27. The van der Waals surface area contributed by atoms with Crippen molar-refractivity contribution in [3.8, 4) is 5.75 Å². The second kappa shape index (κ2) is 7.66. The van der Waals surface area contributed by atoms with Crippen molar-refractivity contribution < 1.29 is 4.74 Å². The largest absolute Gasteiger partial charge is 0.493 e. The number of hydrogen-bond donors (Lipinski definition) is 0. The topological polar surface area (TPSA) is 56.1 Å². The molecule has 0 saturated heterocycles. The van der Waals surface area contributed by atoms with Crippen LogP contribution in [-0.4, -0.2) is 37.6 Å². The fourth-order valence-corrected chi connectivity index (χ4v) is 3.45. The number of aromatic nitrogens is 4. The summed E-state index contributed by atoms with van der Waals surface area (Å²) in [4.78, 5) is 15.3. The fourth-order valence-electron chi connectivity index (χ4n) is 3.45. The first-order chi connectivity index (χ1) is 12.8. The summed E-state index contributed by atoms with van der Waals surface area (Å²) < 4.78 is 8.15. The molecule has 0 unspecified atom stereocenters. The van der Waals surface area contributed by atoms with Crippen LogP contribution in [0.25, 0.3) is 0 Å². The molecule has 6 heteroatoms. The summed E-state index contributed by atoms with van der Waals surface area (Å²) in [6, 6.07) is 8.22. The molecule has 0 fully saturated rings. The normalized spacial score (nSPS) is 17.0. The van der Waals surface area contributed by atoms with Crippen LogP contribution in [0, 0.1) is 0 Å². The first-order valence-electron chi connectivity index (χ1n) is 9.01. The average molecular weight is 349 g/mol. The summed E-state index contributed by atoms with van der Waals surface area (Å²) in [5.74, 6) is 2.00. The van der Waals surface area contributed by atoms with E-state index < -0.39 is 0 Å². The smallest absolute Gasteiger partial charge is 0.126 e. The maximum absolute atomic E-state index is 5.80. The average Bonchev–Trinajstić information content (AvgIpc) is 3.10. The van der Waals surface area contributed by atoms with E-state index in [4.69, 9.17) is 9.72 Å². The third kappa shape index (κ3) is 3.60. The molecule has 3 aromatic rings. The highest BCUT2D eigenvalue weighted by atomic mass is 16.5. The van der Waals surface area contributed by atoms with Gasteiger partial charge in [0.25, 0.3) is 0 Å². The van der Waals surface area contributed by atoms with Gasteiger partial charge >= 0.3 is 0 Å². The van der Waals surface area contributed by atoms with E-state index in [2.05, 4.69) is 38.5 Å². The van der Waals surface area contributed by atoms with Crippen LogP contribution >= 0.6 is 0 Å². The lowest BCUT2D eigenvalue weighted by Gasteiger charge is -2.34. The molecule has 3 aromatic heterocycles. The molecule has 1 atom stereocenters. The molecular weight excluding hydrogens is 326 g/mol. The van der Waals surface area contributed by atoms with Gasteiger partial charge in [-0.3, -0.25) is 14.9 Å². The molecule has 0 radical (unpaired) electrons. The van der Waals surface area contributed by atoms with Gasteiger partial charge in [-0.1, -0.05) is 0 Å². The van der Waals surface area contributed by atoms with Crippen molar-refractivity contribution >= 4 is 0 Å². The van der Waals surface area contributed by atoms with Crippen molar-refractivity contribution in [2.24, 2.45) is 0 Å². The van der Waals surface area contributed by atoms with Gasteiger partial charge in [0.15, 0.2) is 0 Å². The van der Waals surface area contributed by atoms with Crippen LogP contribution in [0.4, 0.5) is 0 Å². The molecule has 1 aliphatic heterocycles. The second-order valence-corrected chi connectivity index (χ2v) is 6.54. The van der Waals surface area contributed by atoms with E-state index in [1.807, 2.05) is 30.7 Å². The minimum atomic E-state index is 0.298. The van der Waals surface area contributed by atoms with E-state index in [9.17, 15) is 0 Å². The molecule has 0 spiro atoms. The summed E-state index contributed by atoms with van der Waals surface area (Å²) >= 11 is 0. The molecule has 0 saturated carbocycles. The predicted octanol–water partition coefficient (Wildman–Crippen LogP) is 2.87. The summed E-state index contributed by atoms with van der Waals surface area (Å²) in [6.07, 6.45) is 10.0. The number of fused-ring (bicyclic) bond motifs is 1. The van der Waals surface area contributed by atoms with Gasteiger partial charge in [-0.15, -0.1) is 0 Å². The van der Waals surface area contributed by atoms with Gasteiger partial charge in [0, 0.05) is 62.7 Å². The Kier molecular flexibility index (Phi) is 4.93. The van der Waals surface area contributed by atoms with Crippen molar-refractivity contribution in [2.75, 3.05) is 13.2 Å². The van der Waals surface area contributed by atoms with Crippen molar-refractivity contribution in [3.05, 3.63) is 72.3 Å². The zero-order chi connectivity index (χ0) is 17.8. The van der Waals surface area contributed by atoms with Gasteiger partial charge in [-0.2, -0.15) is 0 Å². The molecular formula is C20H23N5O. The Morgan fingerprint density at radius 3 is 2.54 bits per heavy atom. The first kappa shape index (κ1) is 16.7. The Labute approximate surface area is 153 Å². The molecule has 0 aliphatic carbocycles. The summed E-state index contributed by atoms with van der Waals surface area (Å²) in [7, 11) is 0. The SMILES string of the molecule is C[C@@H]1c2ncc(CCOc3ccncc3)n2CCN1Cc1ccncc1. The maximum atomic E-state index is 5.80. The number of ether oxygens (including phenoxy) is 1. The Hall–Kier alpha value is -2.73. The van der Waals surface area contributed by atoms with Crippen LogP contribution in [0.15, 0.2) is 55.2 Å². The molecule has 0 bridgehead atoms.